The van der Waals surface area contributed by atoms with Crippen molar-refractivity contribution in [3.63, 3.8) is 0 Å². The maximum absolute atomic E-state index is 12.3. The highest BCUT2D eigenvalue weighted by Gasteiger charge is 2.18. The van der Waals surface area contributed by atoms with Crippen molar-refractivity contribution >= 4 is 27.0 Å². The van der Waals surface area contributed by atoms with E-state index in [4.69, 9.17) is 0 Å². The van der Waals surface area contributed by atoms with E-state index in [2.05, 4.69) is 14.7 Å². The highest BCUT2D eigenvalue weighted by atomic mass is 32.2. The van der Waals surface area contributed by atoms with Crippen LogP contribution in [0.5, 0.6) is 0 Å². The summed E-state index contributed by atoms with van der Waals surface area (Å²) in [6.07, 6.45) is 3.30. The molecule has 25 heavy (non-hydrogen) atoms. The summed E-state index contributed by atoms with van der Waals surface area (Å²) in [7, 11) is -3.87. The number of hydrogen-bond donors (Lipinski definition) is 1. The van der Waals surface area contributed by atoms with Crippen LogP contribution in [0.3, 0.4) is 0 Å². The highest BCUT2D eigenvalue weighted by Crippen LogP contribution is 2.22. The van der Waals surface area contributed by atoms with Gasteiger partial charge in [-0.2, -0.15) is 0 Å². The van der Waals surface area contributed by atoms with Crippen LogP contribution in [-0.2, 0) is 16.6 Å². The number of hydrogen-bond acceptors (Lipinski definition) is 7. The van der Waals surface area contributed by atoms with E-state index in [9.17, 15) is 18.5 Å². The van der Waals surface area contributed by atoms with Crippen molar-refractivity contribution in [2.24, 2.45) is 0 Å². The Morgan fingerprint density at radius 1 is 1.20 bits per heavy atom. The number of thiazole rings is 1. The van der Waals surface area contributed by atoms with Crippen LogP contribution in [0.1, 0.15) is 5.01 Å². The van der Waals surface area contributed by atoms with Gasteiger partial charge in [0.2, 0.25) is 10.0 Å². The third kappa shape index (κ3) is 4.05. The quantitative estimate of drug-likeness (QED) is 0.522. The van der Waals surface area contributed by atoms with Crippen LogP contribution in [0.15, 0.2) is 59.1 Å². The number of non-ortho nitro benzene ring substituents is 1. The van der Waals surface area contributed by atoms with Gasteiger partial charge in [-0.3, -0.25) is 15.1 Å². The molecule has 0 saturated carbocycles. The molecule has 0 amide bonds. The fourth-order valence-corrected chi connectivity index (χ4v) is 3.91. The minimum absolute atomic E-state index is 0.000769. The van der Waals surface area contributed by atoms with E-state index in [1.807, 2.05) is 17.5 Å². The Balaban J connectivity index is 1.74. The second-order valence-electron chi connectivity index (χ2n) is 4.94. The fraction of sp³-hybridized carbons (Fsp3) is 0.0667. The van der Waals surface area contributed by atoms with Crippen LogP contribution >= 0.6 is 11.3 Å². The molecule has 2 heterocycles. The van der Waals surface area contributed by atoms with Crippen LogP contribution in [-0.4, -0.2) is 23.3 Å². The summed E-state index contributed by atoms with van der Waals surface area (Å²) < 4.78 is 27.0. The summed E-state index contributed by atoms with van der Waals surface area (Å²) in [6, 6.07) is 8.52. The second kappa shape index (κ2) is 7.05. The first-order valence-corrected chi connectivity index (χ1v) is 9.41. The van der Waals surface area contributed by atoms with Gasteiger partial charge in [0.15, 0.2) is 0 Å². The topological polar surface area (TPSA) is 115 Å². The van der Waals surface area contributed by atoms with E-state index >= 15 is 0 Å². The summed E-state index contributed by atoms with van der Waals surface area (Å²) in [4.78, 5) is 18.3. The van der Waals surface area contributed by atoms with Crippen LogP contribution < -0.4 is 4.72 Å². The average molecular weight is 376 g/mol. The Kier molecular flexibility index (Phi) is 4.83. The molecule has 128 valence electrons. The minimum Gasteiger partial charge on any atom is -0.265 e. The van der Waals surface area contributed by atoms with Gasteiger partial charge in [0.05, 0.1) is 22.1 Å². The van der Waals surface area contributed by atoms with E-state index in [-0.39, 0.29) is 17.1 Å². The van der Waals surface area contributed by atoms with Gasteiger partial charge in [-0.15, -0.1) is 11.3 Å². The first-order chi connectivity index (χ1) is 12.0. The van der Waals surface area contributed by atoms with Gasteiger partial charge in [0, 0.05) is 35.5 Å². The van der Waals surface area contributed by atoms with Crippen molar-refractivity contribution in [1.29, 1.82) is 0 Å². The third-order valence-corrected chi connectivity index (χ3v) is 5.53. The zero-order valence-corrected chi connectivity index (χ0v) is 14.3. The molecule has 3 rings (SSSR count). The molecule has 0 aliphatic rings. The first kappa shape index (κ1) is 17.1. The molecule has 10 heteroatoms. The molecule has 0 atom stereocenters. The second-order valence-corrected chi connectivity index (χ2v) is 7.65. The third-order valence-electron chi connectivity index (χ3n) is 3.28. The molecule has 1 N–H and O–H groups in total. The van der Waals surface area contributed by atoms with Crippen molar-refractivity contribution in [2.75, 3.05) is 0 Å². The normalized spacial score (nSPS) is 11.4. The van der Waals surface area contributed by atoms with Crippen molar-refractivity contribution in [1.82, 2.24) is 14.7 Å². The summed E-state index contributed by atoms with van der Waals surface area (Å²) in [5.41, 5.74) is 1.34. The number of rotatable bonds is 6. The Hall–Kier alpha value is -2.69. The predicted molar refractivity (Wildman–Crippen MR) is 92.5 cm³/mol. The molecule has 8 nitrogen and oxygen atoms in total. The predicted octanol–water partition coefficient (Wildman–Crippen LogP) is 2.59. The number of pyridine rings is 1. The molecule has 0 aliphatic heterocycles. The van der Waals surface area contributed by atoms with Crippen molar-refractivity contribution in [3.05, 3.63) is 69.3 Å². The molecule has 0 aliphatic carbocycles. The smallest absolute Gasteiger partial charge is 0.265 e. The van der Waals surface area contributed by atoms with Gasteiger partial charge in [0.25, 0.3) is 5.69 Å². The lowest BCUT2D eigenvalue weighted by atomic mass is 10.2. The van der Waals surface area contributed by atoms with Gasteiger partial charge >= 0.3 is 0 Å². The van der Waals surface area contributed by atoms with Crippen LogP contribution in [0.25, 0.3) is 11.3 Å². The molecule has 0 fully saturated rings. The number of aromatic nitrogens is 2. The molecule has 0 spiro atoms. The largest absolute Gasteiger partial charge is 0.270 e. The lowest BCUT2D eigenvalue weighted by molar-refractivity contribution is -0.385. The molecule has 2 aromatic heterocycles. The van der Waals surface area contributed by atoms with E-state index in [1.54, 1.807) is 12.4 Å². The van der Waals surface area contributed by atoms with Crippen molar-refractivity contribution in [2.45, 2.75) is 11.4 Å². The van der Waals surface area contributed by atoms with Crippen LogP contribution in [0, 0.1) is 10.1 Å². The monoisotopic (exact) mass is 376 g/mol. The molecule has 0 unspecified atom stereocenters. The van der Waals surface area contributed by atoms with Gasteiger partial charge in [-0.05, 0) is 18.2 Å². The zero-order chi connectivity index (χ0) is 17.9. The average Bonchev–Trinajstić information content (AvgIpc) is 3.10. The Labute approximate surface area is 147 Å². The number of nitro groups is 1. The Morgan fingerprint density at radius 2 is 1.96 bits per heavy atom. The van der Waals surface area contributed by atoms with Crippen LogP contribution in [0.4, 0.5) is 5.69 Å². The van der Waals surface area contributed by atoms with Crippen molar-refractivity contribution < 1.29 is 13.3 Å². The minimum atomic E-state index is -3.87. The van der Waals surface area contributed by atoms with Crippen molar-refractivity contribution in [3.8, 4) is 11.3 Å². The Morgan fingerprint density at radius 3 is 2.68 bits per heavy atom. The molecular formula is C15H12N4O4S2. The lowest BCUT2D eigenvalue weighted by Crippen LogP contribution is -2.23. The molecule has 0 saturated heterocycles. The number of nitrogens with zero attached hydrogens (tertiary/aromatic N) is 3. The number of nitrogens with one attached hydrogen (secondary N) is 1. The SMILES string of the molecule is O=[N+]([O-])c1cccc(S(=O)(=O)NCc2nc(-c3ccncc3)cs2)c1. The van der Waals surface area contributed by atoms with Gasteiger partial charge in [0.1, 0.15) is 5.01 Å². The van der Waals surface area contributed by atoms with E-state index in [0.717, 1.165) is 17.3 Å². The van der Waals surface area contributed by atoms with Crippen LogP contribution in [0.2, 0.25) is 0 Å². The molecule has 3 aromatic rings. The lowest BCUT2D eigenvalue weighted by Gasteiger charge is -2.05. The number of sulfonamides is 1. The maximum atomic E-state index is 12.3. The Bertz CT molecular complexity index is 1000. The summed E-state index contributed by atoms with van der Waals surface area (Å²) >= 11 is 1.32. The van der Waals surface area contributed by atoms with E-state index in [1.165, 1.54) is 29.5 Å². The number of benzene rings is 1. The molecule has 0 radical (unpaired) electrons. The maximum Gasteiger partial charge on any atom is 0.270 e. The van der Waals surface area contributed by atoms with Gasteiger partial charge in [-0.25, -0.2) is 18.1 Å². The fourth-order valence-electron chi connectivity index (χ4n) is 2.05. The molecule has 0 bridgehead atoms. The van der Waals surface area contributed by atoms with E-state index < -0.39 is 14.9 Å². The number of nitro benzene ring substituents is 1. The summed E-state index contributed by atoms with van der Waals surface area (Å²) in [5.74, 6) is 0. The van der Waals surface area contributed by atoms with E-state index in [0.29, 0.717) is 5.01 Å². The molecule has 1 aromatic carbocycles. The highest BCUT2D eigenvalue weighted by molar-refractivity contribution is 7.89. The van der Waals surface area contributed by atoms with Gasteiger partial charge in [-0.1, -0.05) is 6.07 Å². The molecular weight excluding hydrogens is 364 g/mol. The standard InChI is InChI=1S/C15H12N4O4S2/c20-19(21)12-2-1-3-13(8-12)25(22,23)17-9-15-18-14(10-24-15)11-4-6-16-7-5-11/h1-8,10,17H,9H2. The first-order valence-electron chi connectivity index (χ1n) is 7.04. The zero-order valence-electron chi connectivity index (χ0n) is 12.7. The van der Waals surface area contributed by atoms with Gasteiger partial charge < -0.3 is 0 Å². The summed E-state index contributed by atoms with van der Waals surface area (Å²) in [5, 5.41) is 13.2. The summed E-state index contributed by atoms with van der Waals surface area (Å²) in [6.45, 7) is 0.000769.